The molecule has 0 saturated heterocycles. The van der Waals surface area contributed by atoms with Crippen molar-refractivity contribution in [2.75, 3.05) is 26.4 Å². The molecule has 78 valence electrons. The predicted molar refractivity (Wildman–Crippen MR) is 43.8 cm³/mol. The lowest BCUT2D eigenvalue weighted by Gasteiger charge is -2.13. The summed E-state index contributed by atoms with van der Waals surface area (Å²) in [5.41, 5.74) is 4.82. The Kier molecular flexibility index (Phi) is 4.02. The lowest BCUT2D eigenvalue weighted by atomic mass is 10.4. The van der Waals surface area contributed by atoms with Gasteiger partial charge in [0.25, 0.3) is 5.92 Å². The summed E-state index contributed by atoms with van der Waals surface area (Å²) >= 11 is 0. The zero-order valence-corrected chi connectivity index (χ0v) is 7.47. The molecule has 2 N–H and O–H groups in total. The normalized spacial score (nSPS) is 17.8. The van der Waals surface area contributed by atoms with Crippen LogP contribution in [0.2, 0.25) is 0 Å². The molecule has 0 aromatic carbocycles. The van der Waals surface area contributed by atoms with E-state index >= 15 is 0 Å². The first-order valence-electron chi connectivity index (χ1n) is 4.41. The summed E-state index contributed by atoms with van der Waals surface area (Å²) in [5, 5.41) is 0. The van der Waals surface area contributed by atoms with Gasteiger partial charge in [-0.05, 0) is 12.8 Å². The molecule has 3 nitrogen and oxygen atoms in total. The van der Waals surface area contributed by atoms with E-state index in [4.69, 9.17) is 15.2 Å². The highest BCUT2D eigenvalue weighted by atomic mass is 19.3. The highest BCUT2D eigenvalue weighted by molar-refractivity contribution is 4.72. The van der Waals surface area contributed by atoms with Crippen LogP contribution in [0.5, 0.6) is 0 Å². The lowest BCUT2D eigenvalue weighted by Crippen LogP contribution is -2.33. The van der Waals surface area contributed by atoms with E-state index < -0.39 is 19.1 Å². The Morgan fingerprint density at radius 3 is 2.54 bits per heavy atom. The molecule has 5 heteroatoms. The van der Waals surface area contributed by atoms with Crippen molar-refractivity contribution < 1.29 is 18.3 Å². The second-order valence-electron chi connectivity index (χ2n) is 3.18. The highest BCUT2D eigenvalue weighted by Gasteiger charge is 2.27. The number of alkyl halides is 2. The minimum Gasteiger partial charge on any atom is -0.376 e. The number of hydrogen-bond acceptors (Lipinski definition) is 3. The molecule has 1 aliphatic carbocycles. The smallest absolute Gasteiger partial charge is 0.282 e. The van der Waals surface area contributed by atoms with Crippen molar-refractivity contribution in [3.8, 4) is 0 Å². The van der Waals surface area contributed by atoms with E-state index in [1.807, 2.05) is 0 Å². The number of hydrogen-bond donors (Lipinski definition) is 1. The van der Waals surface area contributed by atoms with Gasteiger partial charge >= 0.3 is 0 Å². The fourth-order valence-electron chi connectivity index (χ4n) is 0.789. The molecule has 1 aliphatic rings. The average Bonchev–Trinajstić information content (AvgIpc) is 2.87. The molecule has 0 heterocycles. The minimum atomic E-state index is -2.90. The molecule has 0 radical (unpaired) electrons. The molecule has 0 aromatic heterocycles. The first-order valence-corrected chi connectivity index (χ1v) is 4.41. The summed E-state index contributed by atoms with van der Waals surface area (Å²) in [7, 11) is 0. The van der Waals surface area contributed by atoms with Crippen LogP contribution in [0.4, 0.5) is 8.78 Å². The monoisotopic (exact) mass is 195 g/mol. The van der Waals surface area contributed by atoms with Crippen LogP contribution in [0.15, 0.2) is 0 Å². The molecule has 1 fully saturated rings. The Morgan fingerprint density at radius 2 is 2.00 bits per heavy atom. The standard InChI is InChI=1S/C8H15F2NO2/c9-8(10,5-11)6-12-3-4-13-7-1-2-7/h7H,1-6,11H2. The van der Waals surface area contributed by atoms with Crippen LogP contribution >= 0.6 is 0 Å². The lowest BCUT2D eigenvalue weighted by molar-refractivity contribution is -0.0793. The number of rotatable bonds is 7. The van der Waals surface area contributed by atoms with Gasteiger partial charge in [0.05, 0.1) is 25.9 Å². The summed E-state index contributed by atoms with van der Waals surface area (Å²) in [6.07, 6.45) is 2.51. The van der Waals surface area contributed by atoms with Gasteiger partial charge in [0.2, 0.25) is 0 Å². The van der Waals surface area contributed by atoms with Crippen molar-refractivity contribution in [3.63, 3.8) is 0 Å². The zero-order valence-electron chi connectivity index (χ0n) is 7.47. The van der Waals surface area contributed by atoms with E-state index in [0.717, 1.165) is 12.8 Å². The van der Waals surface area contributed by atoms with E-state index in [1.54, 1.807) is 0 Å². The molecular formula is C8H15F2NO2. The van der Waals surface area contributed by atoms with Gasteiger partial charge in [-0.1, -0.05) is 0 Å². The molecule has 0 bridgehead atoms. The Balaban J connectivity index is 1.87. The average molecular weight is 195 g/mol. The fourth-order valence-corrected chi connectivity index (χ4v) is 0.789. The van der Waals surface area contributed by atoms with Gasteiger partial charge < -0.3 is 15.2 Å². The van der Waals surface area contributed by atoms with Crippen LogP contribution in [-0.2, 0) is 9.47 Å². The maximum Gasteiger partial charge on any atom is 0.282 e. The van der Waals surface area contributed by atoms with Gasteiger partial charge in [-0.25, -0.2) is 8.78 Å². The van der Waals surface area contributed by atoms with Crippen molar-refractivity contribution in [3.05, 3.63) is 0 Å². The van der Waals surface area contributed by atoms with Gasteiger partial charge in [0.15, 0.2) is 0 Å². The van der Waals surface area contributed by atoms with Gasteiger partial charge in [0, 0.05) is 0 Å². The van der Waals surface area contributed by atoms with Gasteiger partial charge in [-0.15, -0.1) is 0 Å². The second kappa shape index (κ2) is 4.83. The molecule has 0 atom stereocenters. The number of halogens is 2. The molecule has 1 rings (SSSR count). The zero-order chi connectivity index (χ0) is 9.73. The predicted octanol–water partition coefficient (Wildman–Crippen LogP) is 0.776. The van der Waals surface area contributed by atoms with E-state index in [-0.39, 0.29) is 6.61 Å². The summed E-state index contributed by atoms with van der Waals surface area (Å²) in [4.78, 5) is 0. The van der Waals surface area contributed by atoms with Gasteiger partial charge in [-0.3, -0.25) is 0 Å². The molecule has 0 unspecified atom stereocenters. The van der Waals surface area contributed by atoms with Crippen LogP contribution in [0.25, 0.3) is 0 Å². The maximum atomic E-state index is 12.5. The Labute approximate surface area is 76.2 Å². The quantitative estimate of drug-likeness (QED) is 0.610. The topological polar surface area (TPSA) is 44.5 Å². The van der Waals surface area contributed by atoms with Crippen molar-refractivity contribution >= 4 is 0 Å². The third-order valence-corrected chi connectivity index (χ3v) is 1.72. The third-order valence-electron chi connectivity index (χ3n) is 1.72. The van der Waals surface area contributed by atoms with Gasteiger partial charge in [-0.2, -0.15) is 0 Å². The van der Waals surface area contributed by atoms with E-state index in [0.29, 0.717) is 12.7 Å². The summed E-state index contributed by atoms with van der Waals surface area (Å²) < 4.78 is 34.8. The van der Waals surface area contributed by atoms with Crippen LogP contribution in [0, 0.1) is 0 Å². The van der Waals surface area contributed by atoms with Gasteiger partial charge in [0.1, 0.15) is 6.61 Å². The fraction of sp³-hybridized carbons (Fsp3) is 1.00. The first kappa shape index (κ1) is 10.8. The van der Waals surface area contributed by atoms with Crippen LogP contribution in [0.1, 0.15) is 12.8 Å². The second-order valence-corrected chi connectivity index (χ2v) is 3.18. The summed E-state index contributed by atoms with van der Waals surface area (Å²) in [6.45, 7) is -0.675. The summed E-state index contributed by atoms with van der Waals surface area (Å²) in [5.74, 6) is -2.90. The van der Waals surface area contributed by atoms with Crippen molar-refractivity contribution in [1.82, 2.24) is 0 Å². The molecule has 0 aromatic rings. The van der Waals surface area contributed by atoms with E-state index in [1.165, 1.54) is 0 Å². The van der Waals surface area contributed by atoms with Crippen molar-refractivity contribution in [1.29, 1.82) is 0 Å². The summed E-state index contributed by atoms with van der Waals surface area (Å²) in [6, 6.07) is 0. The van der Waals surface area contributed by atoms with Crippen LogP contribution < -0.4 is 5.73 Å². The molecule has 0 spiro atoms. The number of ether oxygens (including phenoxy) is 2. The molecule has 13 heavy (non-hydrogen) atoms. The van der Waals surface area contributed by atoms with Crippen molar-refractivity contribution in [2.45, 2.75) is 24.9 Å². The largest absolute Gasteiger partial charge is 0.376 e. The van der Waals surface area contributed by atoms with Crippen LogP contribution in [-0.4, -0.2) is 38.4 Å². The first-order chi connectivity index (χ1) is 6.14. The van der Waals surface area contributed by atoms with Crippen molar-refractivity contribution in [2.24, 2.45) is 5.73 Å². The van der Waals surface area contributed by atoms with E-state index in [2.05, 4.69) is 0 Å². The van der Waals surface area contributed by atoms with E-state index in [9.17, 15) is 8.78 Å². The molecule has 0 amide bonds. The molecule has 1 saturated carbocycles. The minimum absolute atomic E-state index is 0.214. The number of nitrogens with two attached hydrogens (primary N) is 1. The molecular weight excluding hydrogens is 180 g/mol. The Bertz CT molecular complexity index is 151. The third kappa shape index (κ3) is 5.13. The maximum absolute atomic E-state index is 12.5. The highest BCUT2D eigenvalue weighted by Crippen LogP contribution is 2.22. The SMILES string of the molecule is NCC(F)(F)COCCOC1CC1. The Hall–Kier alpha value is -0.260. The Morgan fingerprint density at radius 1 is 1.31 bits per heavy atom. The van der Waals surface area contributed by atoms with Crippen LogP contribution in [0.3, 0.4) is 0 Å². The molecule has 0 aliphatic heterocycles.